The van der Waals surface area contributed by atoms with Crippen LogP contribution in [-0.2, 0) is 19.6 Å². The lowest BCUT2D eigenvalue weighted by atomic mass is 10.2. The van der Waals surface area contributed by atoms with Gasteiger partial charge in [-0.25, -0.2) is 9.97 Å². The highest BCUT2D eigenvalue weighted by atomic mass is 32.1. The van der Waals surface area contributed by atoms with Gasteiger partial charge < -0.3 is 9.30 Å². The molecule has 6 nitrogen and oxygen atoms in total. The third kappa shape index (κ3) is 3.95. The Morgan fingerprint density at radius 3 is 2.56 bits per heavy atom. The Hall–Kier alpha value is -3.28. The maximum Gasteiger partial charge on any atom is 0.460 e. The smallest absolute Gasteiger partial charge is 0.460 e. The first-order valence-corrected chi connectivity index (χ1v) is 11.1. The third-order valence-corrected chi connectivity index (χ3v) is 6.53. The van der Waals surface area contributed by atoms with E-state index in [9.17, 15) is 26.7 Å². The molecule has 0 N–H and O–H groups in total. The van der Waals surface area contributed by atoms with E-state index in [0.29, 0.717) is 11.6 Å². The van der Waals surface area contributed by atoms with Gasteiger partial charge in [0.1, 0.15) is 18.2 Å². The zero-order valence-corrected chi connectivity index (χ0v) is 18.5. The highest BCUT2D eigenvalue weighted by Gasteiger charge is 2.60. The molecule has 0 bridgehead atoms. The Morgan fingerprint density at radius 2 is 1.88 bits per heavy atom. The SMILES string of the molecule is Cn1c(C2CC2)nc2ccc(-n3ccc(OCc4csc(C(F)(F)C(F)(F)F)n4)cc3=O)cc21. The Kier molecular flexibility index (Phi) is 5.23. The predicted octanol–water partition coefficient (Wildman–Crippen LogP) is 5.29. The average Bonchev–Trinajstić information content (AvgIpc) is 3.41. The molecule has 1 saturated carbocycles. The van der Waals surface area contributed by atoms with Crippen molar-refractivity contribution < 1.29 is 26.7 Å². The second-order valence-corrected chi connectivity index (χ2v) is 8.91. The average molecular weight is 496 g/mol. The van der Waals surface area contributed by atoms with E-state index < -0.39 is 22.7 Å². The van der Waals surface area contributed by atoms with E-state index in [0.717, 1.165) is 35.1 Å². The summed E-state index contributed by atoms with van der Waals surface area (Å²) in [6.45, 7) is -0.362. The van der Waals surface area contributed by atoms with Crippen molar-refractivity contribution in [1.29, 1.82) is 0 Å². The van der Waals surface area contributed by atoms with Crippen molar-refractivity contribution in [2.24, 2.45) is 7.05 Å². The number of rotatable bonds is 6. The number of alkyl halides is 5. The van der Waals surface area contributed by atoms with E-state index in [1.807, 2.05) is 23.7 Å². The molecule has 1 aromatic carbocycles. The number of nitrogens with zero attached hydrogens (tertiary/aromatic N) is 4. The van der Waals surface area contributed by atoms with E-state index >= 15 is 0 Å². The monoisotopic (exact) mass is 496 g/mol. The molecule has 4 aromatic rings. The Morgan fingerprint density at radius 1 is 1.12 bits per heavy atom. The molecule has 0 saturated heterocycles. The van der Waals surface area contributed by atoms with Gasteiger partial charge in [-0.15, -0.1) is 11.3 Å². The van der Waals surface area contributed by atoms with Crippen LogP contribution < -0.4 is 10.3 Å². The standard InChI is InChI=1S/C22H17F5N4O2S/c1-30-17-8-14(4-5-16(17)29-19(30)12-2-3-12)31-7-6-15(9-18(31)32)33-10-13-11-34-20(28-13)21(23,24)22(25,26)27/h4-9,11-12H,2-3,10H2,1H3. The van der Waals surface area contributed by atoms with Gasteiger partial charge in [0, 0.05) is 30.6 Å². The molecule has 5 rings (SSSR count). The van der Waals surface area contributed by atoms with Crippen LogP contribution in [-0.4, -0.2) is 25.3 Å². The van der Waals surface area contributed by atoms with Crippen LogP contribution >= 0.6 is 11.3 Å². The van der Waals surface area contributed by atoms with Crippen molar-refractivity contribution in [3.8, 4) is 11.4 Å². The van der Waals surface area contributed by atoms with Crippen molar-refractivity contribution in [3.05, 3.63) is 68.8 Å². The number of hydrogen-bond donors (Lipinski definition) is 0. The zero-order valence-electron chi connectivity index (χ0n) is 17.6. The number of aromatic nitrogens is 4. The number of hydrogen-bond acceptors (Lipinski definition) is 5. The topological polar surface area (TPSA) is 61.9 Å². The Bertz CT molecular complexity index is 1440. The number of fused-ring (bicyclic) bond motifs is 1. The first kappa shape index (κ1) is 22.5. The molecule has 0 radical (unpaired) electrons. The van der Waals surface area contributed by atoms with E-state index in [4.69, 9.17) is 4.74 Å². The fourth-order valence-corrected chi connectivity index (χ4v) is 4.42. The minimum absolute atomic E-state index is 0.0961. The van der Waals surface area contributed by atoms with Gasteiger partial charge in [0.05, 0.1) is 22.4 Å². The number of halogens is 5. The summed E-state index contributed by atoms with van der Waals surface area (Å²) < 4.78 is 73.1. The molecule has 0 spiro atoms. The fourth-order valence-electron chi connectivity index (χ4n) is 3.61. The predicted molar refractivity (Wildman–Crippen MR) is 115 cm³/mol. The molecule has 0 aliphatic heterocycles. The number of thiazole rings is 1. The van der Waals surface area contributed by atoms with Crippen LogP contribution in [0, 0.1) is 0 Å². The molecule has 1 aliphatic carbocycles. The quantitative estimate of drug-likeness (QED) is 0.341. The van der Waals surface area contributed by atoms with Gasteiger partial charge >= 0.3 is 12.1 Å². The summed E-state index contributed by atoms with van der Waals surface area (Å²) in [6, 6.07) is 8.21. The largest absolute Gasteiger partial charge is 0.487 e. The highest BCUT2D eigenvalue weighted by Crippen LogP contribution is 2.45. The maximum absolute atomic E-state index is 13.4. The number of benzene rings is 1. The summed E-state index contributed by atoms with van der Waals surface area (Å²) in [6.07, 6.45) is -1.98. The minimum Gasteiger partial charge on any atom is -0.487 e. The van der Waals surface area contributed by atoms with E-state index in [-0.39, 0.29) is 29.4 Å². The summed E-state index contributed by atoms with van der Waals surface area (Å²) in [5, 5.41) is -0.292. The first-order valence-electron chi connectivity index (χ1n) is 10.3. The van der Waals surface area contributed by atoms with Crippen molar-refractivity contribution in [2.75, 3.05) is 0 Å². The van der Waals surface area contributed by atoms with E-state index in [1.54, 1.807) is 6.07 Å². The van der Waals surface area contributed by atoms with Crippen molar-refractivity contribution in [1.82, 2.24) is 19.1 Å². The van der Waals surface area contributed by atoms with Gasteiger partial charge in [-0.2, -0.15) is 22.0 Å². The summed E-state index contributed by atoms with van der Waals surface area (Å²) in [5.74, 6) is -3.39. The molecule has 34 heavy (non-hydrogen) atoms. The second kappa shape index (κ2) is 7.90. The molecule has 0 unspecified atom stereocenters. The summed E-state index contributed by atoms with van der Waals surface area (Å²) in [7, 11) is 1.95. The first-order chi connectivity index (χ1) is 16.0. The summed E-state index contributed by atoms with van der Waals surface area (Å²) >= 11 is 0.197. The van der Waals surface area contributed by atoms with Gasteiger partial charge in [0.15, 0.2) is 5.01 Å². The highest BCUT2D eigenvalue weighted by molar-refractivity contribution is 7.09. The van der Waals surface area contributed by atoms with Crippen LogP contribution in [0.1, 0.15) is 35.3 Å². The summed E-state index contributed by atoms with van der Waals surface area (Å²) in [5.41, 5.74) is 1.89. The molecule has 0 amide bonds. The molecular weight excluding hydrogens is 479 g/mol. The minimum atomic E-state index is -5.73. The molecule has 1 aliphatic rings. The van der Waals surface area contributed by atoms with Gasteiger partial charge in [0.2, 0.25) is 0 Å². The zero-order chi connectivity index (χ0) is 24.3. The van der Waals surface area contributed by atoms with Crippen LogP contribution in [0.3, 0.4) is 0 Å². The Labute approximate surface area is 193 Å². The Balaban J connectivity index is 1.33. The van der Waals surface area contributed by atoms with Crippen molar-refractivity contribution in [2.45, 2.75) is 37.5 Å². The number of pyridine rings is 1. The number of ether oxygens (including phenoxy) is 1. The number of aryl methyl sites for hydroxylation is 1. The molecule has 12 heteroatoms. The second-order valence-electron chi connectivity index (χ2n) is 8.05. The van der Waals surface area contributed by atoms with Crippen LogP contribution in [0.2, 0.25) is 0 Å². The third-order valence-electron chi connectivity index (χ3n) is 5.57. The molecule has 178 valence electrons. The van der Waals surface area contributed by atoms with Crippen LogP contribution in [0.4, 0.5) is 22.0 Å². The molecular formula is C22H17F5N4O2S. The van der Waals surface area contributed by atoms with E-state index in [1.165, 1.54) is 22.9 Å². The van der Waals surface area contributed by atoms with Gasteiger partial charge in [-0.1, -0.05) is 0 Å². The normalized spacial score (nSPS) is 14.6. The van der Waals surface area contributed by atoms with Crippen molar-refractivity contribution >= 4 is 22.4 Å². The molecule has 1 fully saturated rings. The molecule has 0 atom stereocenters. The lowest BCUT2D eigenvalue weighted by Gasteiger charge is -2.16. The van der Waals surface area contributed by atoms with Crippen LogP contribution in [0.25, 0.3) is 16.7 Å². The molecule has 3 aromatic heterocycles. The van der Waals surface area contributed by atoms with E-state index in [2.05, 4.69) is 9.97 Å². The number of imidazole rings is 1. The van der Waals surface area contributed by atoms with Gasteiger partial charge in [0.25, 0.3) is 5.56 Å². The van der Waals surface area contributed by atoms with Crippen LogP contribution in [0.5, 0.6) is 5.75 Å². The lowest BCUT2D eigenvalue weighted by molar-refractivity contribution is -0.289. The van der Waals surface area contributed by atoms with Crippen LogP contribution in [0.15, 0.2) is 46.7 Å². The molecule has 3 heterocycles. The lowest BCUT2D eigenvalue weighted by Crippen LogP contribution is -2.33. The fraction of sp³-hybridized carbons (Fsp3) is 0.318. The van der Waals surface area contributed by atoms with Gasteiger partial charge in [-0.05, 0) is 37.1 Å². The summed E-state index contributed by atoms with van der Waals surface area (Å²) in [4.78, 5) is 20.7. The maximum atomic E-state index is 13.4. The van der Waals surface area contributed by atoms with Crippen molar-refractivity contribution in [3.63, 3.8) is 0 Å². The van der Waals surface area contributed by atoms with Gasteiger partial charge in [-0.3, -0.25) is 9.36 Å².